The standard InChI is InChI=1S/C16H11ClO/c17-15-11-9-13(10-12-15)5-4-8-16(18)14-6-2-1-3-7-14/h1-3,6-7,9-12H,8H2. The second-order valence-corrected chi connectivity index (χ2v) is 4.21. The average molecular weight is 255 g/mol. The quantitative estimate of drug-likeness (QED) is 0.586. The number of carbonyl (C=O) groups excluding carboxylic acids is 1. The number of hydrogen-bond acceptors (Lipinski definition) is 1. The highest BCUT2D eigenvalue weighted by Gasteiger charge is 2.01. The van der Waals surface area contributed by atoms with E-state index in [1.807, 2.05) is 30.3 Å². The number of Topliss-reactive ketones (excluding diaryl/α,β-unsaturated/α-hetero) is 1. The number of ketones is 1. The van der Waals surface area contributed by atoms with E-state index in [4.69, 9.17) is 11.6 Å². The Morgan fingerprint density at radius 2 is 1.67 bits per heavy atom. The number of halogens is 1. The SMILES string of the molecule is O=C(CC#Cc1ccc(Cl)cc1)c1ccccc1. The van der Waals surface area contributed by atoms with Crippen molar-refractivity contribution < 1.29 is 4.79 Å². The minimum absolute atomic E-state index is 0.0389. The second-order valence-electron chi connectivity index (χ2n) is 3.77. The normalized spacial score (nSPS) is 9.39. The molecule has 0 fully saturated rings. The number of rotatable bonds is 2. The largest absolute Gasteiger partial charge is 0.293 e. The van der Waals surface area contributed by atoms with Gasteiger partial charge in [-0.05, 0) is 24.3 Å². The average Bonchev–Trinajstić information content (AvgIpc) is 2.42. The van der Waals surface area contributed by atoms with Gasteiger partial charge in [-0.1, -0.05) is 53.8 Å². The molecule has 0 saturated heterocycles. The molecule has 18 heavy (non-hydrogen) atoms. The van der Waals surface area contributed by atoms with E-state index in [1.165, 1.54) is 0 Å². The molecule has 0 bridgehead atoms. The van der Waals surface area contributed by atoms with Crippen molar-refractivity contribution in [1.82, 2.24) is 0 Å². The molecule has 2 aromatic carbocycles. The van der Waals surface area contributed by atoms with E-state index in [0.717, 1.165) is 5.56 Å². The molecule has 2 heteroatoms. The van der Waals surface area contributed by atoms with Crippen LogP contribution < -0.4 is 0 Å². The van der Waals surface area contributed by atoms with Gasteiger partial charge in [0, 0.05) is 16.1 Å². The third-order valence-electron chi connectivity index (χ3n) is 2.42. The molecule has 2 aromatic rings. The lowest BCUT2D eigenvalue weighted by atomic mass is 10.1. The fourth-order valence-electron chi connectivity index (χ4n) is 1.49. The van der Waals surface area contributed by atoms with Gasteiger partial charge < -0.3 is 0 Å². The summed E-state index contributed by atoms with van der Waals surface area (Å²) in [6.45, 7) is 0. The van der Waals surface area contributed by atoms with Crippen LogP contribution in [0.4, 0.5) is 0 Å². The Hall–Kier alpha value is -2.04. The Kier molecular flexibility index (Phi) is 4.17. The molecule has 0 N–H and O–H groups in total. The van der Waals surface area contributed by atoms with Gasteiger partial charge in [-0.15, -0.1) is 0 Å². The van der Waals surface area contributed by atoms with Gasteiger partial charge in [-0.2, -0.15) is 0 Å². The van der Waals surface area contributed by atoms with Crippen LogP contribution in [0.1, 0.15) is 22.3 Å². The first-order valence-corrected chi connectivity index (χ1v) is 5.96. The van der Waals surface area contributed by atoms with Gasteiger partial charge in [0.25, 0.3) is 0 Å². The number of benzene rings is 2. The van der Waals surface area contributed by atoms with E-state index in [1.54, 1.807) is 24.3 Å². The molecule has 0 aliphatic carbocycles. The smallest absolute Gasteiger partial charge is 0.174 e. The molecule has 0 atom stereocenters. The van der Waals surface area contributed by atoms with Crippen LogP contribution in [-0.2, 0) is 0 Å². The van der Waals surface area contributed by atoms with E-state index in [9.17, 15) is 4.79 Å². The molecule has 0 heterocycles. The van der Waals surface area contributed by atoms with Gasteiger partial charge in [0.05, 0.1) is 6.42 Å². The summed E-state index contributed by atoms with van der Waals surface area (Å²) >= 11 is 5.77. The minimum Gasteiger partial charge on any atom is -0.293 e. The van der Waals surface area contributed by atoms with E-state index in [0.29, 0.717) is 10.6 Å². The number of carbonyl (C=O) groups is 1. The summed E-state index contributed by atoms with van der Waals surface area (Å²) in [7, 11) is 0. The summed E-state index contributed by atoms with van der Waals surface area (Å²) < 4.78 is 0. The Morgan fingerprint density at radius 3 is 2.33 bits per heavy atom. The Bertz CT molecular complexity index is 588. The topological polar surface area (TPSA) is 17.1 Å². The summed E-state index contributed by atoms with van der Waals surface area (Å²) in [4.78, 5) is 11.8. The van der Waals surface area contributed by atoms with Crippen LogP contribution in [0.3, 0.4) is 0 Å². The van der Waals surface area contributed by atoms with Crippen molar-refractivity contribution in [3.8, 4) is 11.8 Å². The summed E-state index contributed by atoms with van der Waals surface area (Å²) in [6.07, 6.45) is 0.229. The summed E-state index contributed by atoms with van der Waals surface area (Å²) in [6, 6.07) is 16.4. The third kappa shape index (κ3) is 3.48. The zero-order valence-electron chi connectivity index (χ0n) is 9.69. The lowest BCUT2D eigenvalue weighted by molar-refractivity contribution is 0.0998. The van der Waals surface area contributed by atoms with Gasteiger partial charge in [-0.25, -0.2) is 0 Å². The van der Waals surface area contributed by atoms with Gasteiger partial charge in [0.15, 0.2) is 5.78 Å². The van der Waals surface area contributed by atoms with Gasteiger partial charge >= 0.3 is 0 Å². The number of hydrogen-bond donors (Lipinski definition) is 0. The predicted octanol–water partition coefficient (Wildman–Crippen LogP) is 3.96. The molecule has 0 aromatic heterocycles. The summed E-state index contributed by atoms with van der Waals surface area (Å²) in [5.41, 5.74) is 1.56. The van der Waals surface area contributed by atoms with Crippen LogP contribution in [0.25, 0.3) is 0 Å². The molecule has 0 amide bonds. The summed E-state index contributed by atoms with van der Waals surface area (Å²) in [5.74, 6) is 5.86. The molecular formula is C16H11ClO. The monoisotopic (exact) mass is 254 g/mol. The third-order valence-corrected chi connectivity index (χ3v) is 2.67. The van der Waals surface area contributed by atoms with E-state index < -0.39 is 0 Å². The van der Waals surface area contributed by atoms with Crippen LogP contribution in [-0.4, -0.2) is 5.78 Å². The molecule has 0 aliphatic heterocycles. The first-order valence-electron chi connectivity index (χ1n) is 5.58. The lowest BCUT2D eigenvalue weighted by Crippen LogP contribution is -1.96. The van der Waals surface area contributed by atoms with Crippen molar-refractivity contribution in [2.75, 3.05) is 0 Å². The van der Waals surface area contributed by atoms with Crippen molar-refractivity contribution in [1.29, 1.82) is 0 Å². The van der Waals surface area contributed by atoms with Crippen LogP contribution in [0, 0.1) is 11.8 Å². The predicted molar refractivity (Wildman–Crippen MR) is 73.7 cm³/mol. The molecule has 0 radical (unpaired) electrons. The van der Waals surface area contributed by atoms with Crippen molar-refractivity contribution >= 4 is 17.4 Å². The highest BCUT2D eigenvalue weighted by Crippen LogP contribution is 2.08. The van der Waals surface area contributed by atoms with E-state index in [2.05, 4.69) is 11.8 Å². The Labute approximate surface area is 111 Å². The fraction of sp³-hybridized carbons (Fsp3) is 0.0625. The van der Waals surface area contributed by atoms with Gasteiger partial charge in [-0.3, -0.25) is 4.79 Å². The van der Waals surface area contributed by atoms with Gasteiger partial charge in [0.1, 0.15) is 0 Å². The summed E-state index contributed by atoms with van der Waals surface area (Å²) in [5, 5.41) is 0.681. The van der Waals surface area contributed by atoms with Crippen molar-refractivity contribution in [3.63, 3.8) is 0 Å². The maximum absolute atomic E-state index is 11.8. The maximum atomic E-state index is 11.8. The lowest BCUT2D eigenvalue weighted by Gasteiger charge is -1.94. The first-order chi connectivity index (χ1) is 8.75. The molecule has 0 spiro atoms. The highest BCUT2D eigenvalue weighted by molar-refractivity contribution is 6.30. The zero-order valence-corrected chi connectivity index (χ0v) is 10.4. The molecule has 0 saturated carbocycles. The van der Waals surface area contributed by atoms with Crippen LogP contribution >= 0.6 is 11.6 Å². The Balaban J connectivity index is 2.00. The molecule has 1 nitrogen and oxygen atoms in total. The minimum atomic E-state index is 0.0389. The second kappa shape index (κ2) is 6.05. The van der Waals surface area contributed by atoms with Crippen molar-refractivity contribution in [3.05, 3.63) is 70.7 Å². The maximum Gasteiger partial charge on any atom is 0.174 e. The van der Waals surface area contributed by atoms with Crippen molar-refractivity contribution in [2.45, 2.75) is 6.42 Å². The molecular weight excluding hydrogens is 244 g/mol. The molecule has 0 aliphatic rings. The van der Waals surface area contributed by atoms with E-state index in [-0.39, 0.29) is 12.2 Å². The van der Waals surface area contributed by atoms with Crippen LogP contribution in [0.2, 0.25) is 5.02 Å². The molecule has 0 unspecified atom stereocenters. The van der Waals surface area contributed by atoms with Crippen molar-refractivity contribution in [2.24, 2.45) is 0 Å². The van der Waals surface area contributed by atoms with Gasteiger partial charge in [0.2, 0.25) is 0 Å². The Morgan fingerprint density at radius 1 is 1.00 bits per heavy atom. The highest BCUT2D eigenvalue weighted by atomic mass is 35.5. The zero-order chi connectivity index (χ0) is 12.8. The van der Waals surface area contributed by atoms with E-state index >= 15 is 0 Å². The molecule has 2 rings (SSSR count). The van der Waals surface area contributed by atoms with Crippen LogP contribution in [0.5, 0.6) is 0 Å². The first kappa shape index (κ1) is 12.4. The van der Waals surface area contributed by atoms with Crippen LogP contribution in [0.15, 0.2) is 54.6 Å². The molecule has 88 valence electrons. The fourth-order valence-corrected chi connectivity index (χ4v) is 1.61.